The van der Waals surface area contributed by atoms with Gasteiger partial charge in [0, 0.05) is 13.1 Å². The summed E-state index contributed by atoms with van der Waals surface area (Å²) in [6, 6.07) is 2.17. The number of anilines is 1. The van der Waals surface area contributed by atoms with Crippen LogP contribution in [-0.2, 0) is 13.6 Å². The lowest BCUT2D eigenvalue weighted by Gasteiger charge is -2.06. The van der Waals surface area contributed by atoms with Crippen LogP contribution in [0.15, 0.2) is 18.5 Å². The van der Waals surface area contributed by atoms with Crippen LogP contribution in [-0.4, -0.2) is 35.7 Å². The number of carboxylic acids is 1. The van der Waals surface area contributed by atoms with Crippen molar-refractivity contribution in [2.75, 3.05) is 5.32 Å². The summed E-state index contributed by atoms with van der Waals surface area (Å²) in [5.74, 6) is -0.860. The maximum Gasteiger partial charge on any atom is 0.354 e. The molecule has 0 aromatic carbocycles. The van der Waals surface area contributed by atoms with Gasteiger partial charge in [0.25, 0.3) is 0 Å². The van der Waals surface area contributed by atoms with Crippen LogP contribution in [0, 0.1) is 10.1 Å². The summed E-state index contributed by atoms with van der Waals surface area (Å²) < 4.78 is 1.62. The van der Waals surface area contributed by atoms with Crippen molar-refractivity contribution in [3.05, 3.63) is 40.1 Å². The van der Waals surface area contributed by atoms with Gasteiger partial charge in [-0.15, -0.1) is 10.2 Å². The highest BCUT2D eigenvalue weighted by atomic mass is 16.6. The molecule has 0 fully saturated rings. The summed E-state index contributed by atoms with van der Waals surface area (Å²) in [7, 11) is 1.71. The zero-order valence-corrected chi connectivity index (χ0v) is 10.3. The van der Waals surface area contributed by atoms with E-state index in [1.807, 2.05) is 0 Å². The first kappa shape index (κ1) is 13.4. The number of aryl methyl sites for hydroxylation is 1. The van der Waals surface area contributed by atoms with Crippen LogP contribution < -0.4 is 5.32 Å². The van der Waals surface area contributed by atoms with Gasteiger partial charge < -0.3 is 15.0 Å². The summed E-state index contributed by atoms with van der Waals surface area (Å²) in [6.45, 7) is 0.132. The molecule has 2 heterocycles. The predicted octanol–water partition coefficient (Wildman–Crippen LogP) is 0.429. The molecule has 20 heavy (non-hydrogen) atoms. The van der Waals surface area contributed by atoms with E-state index in [1.165, 1.54) is 6.33 Å². The highest BCUT2D eigenvalue weighted by molar-refractivity contribution is 5.86. The van der Waals surface area contributed by atoms with Crippen molar-refractivity contribution in [1.82, 2.24) is 19.7 Å². The lowest BCUT2D eigenvalue weighted by atomic mass is 10.3. The summed E-state index contributed by atoms with van der Waals surface area (Å²) in [5, 5.41) is 29.9. The molecule has 2 N–H and O–H groups in total. The molecule has 0 atom stereocenters. The van der Waals surface area contributed by atoms with Crippen molar-refractivity contribution in [2.45, 2.75) is 6.54 Å². The smallest absolute Gasteiger partial charge is 0.354 e. The van der Waals surface area contributed by atoms with Crippen molar-refractivity contribution < 1.29 is 14.8 Å². The maximum absolute atomic E-state index is 10.9. The minimum absolute atomic E-state index is 0.127. The third-order valence-corrected chi connectivity index (χ3v) is 2.51. The molecule has 10 nitrogen and oxygen atoms in total. The average molecular weight is 278 g/mol. The van der Waals surface area contributed by atoms with Gasteiger partial charge in [0.2, 0.25) is 5.82 Å². The molecule has 0 saturated carbocycles. The number of carboxylic acid groups (broad SMARTS) is 1. The van der Waals surface area contributed by atoms with E-state index in [0.717, 1.165) is 12.1 Å². The van der Waals surface area contributed by atoms with Gasteiger partial charge in [0.05, 0.1) is 11.5 Å². The Balaban J connectivity index is 2.28. The Morgan fingerprint density at radius 1 is 1.55 bits per heavy atom. The number of hydrogen-bond acceptors (Lipinski definition) is 7. The first-order valence-electron chi connectivity index (χ1n) is 5.44. The fourth-order valence-corrected chi connectivity index (χ4v) is 1.48. The fourth-order valence-electron chi connectivity index (χ4n) is 1.48. The molecule has 0 spiro atoms. The van der Waals surface area contributed by atoms with E-state index in [9.17, 15) is 14.9 Å². The van der Waals surface area contributed by atoms with Crippen LogP contribution in [0.3, 0.4) is 0 Å². The van der Waals surface area contributed by atoms with Crippen molar-refractivity contribution in [1.29, 1.82) is 0 Å². The van der Waals surface area contributed by atoms with Crippen molar-refractivity contribution in [3.8, 4) is 0 Å². The highest BCUT2D eigenvalue weighted by Gasteiger charge is 2.18. The summed E-state index contributed by atoms with van der Waals surface area (Å²) in [6.07, 6.45) is 1.48. The molecule has 2 rings (SSSR count). The molecule has 0 radical (unpaired) electrons. The lowest BCUT2D eigenvalue weighted by Crippen LogP contribution is -2.11. The van der Waals surface area contributed by atoms with E-state index in [0.29, 0.717) is 5.82 Å². The monoisotopic (exact) mass is 278 g/mol. The number of carbonyl (C=O) groups is 1. The zero-order chi connectivity index (χ0) is 14.7. The maximum atomic E-state index is 10.9. The molecule has 0 aliphatic heterocycles. The molecule has 104 valence electrons. The second kappa shape index (κ2) is 5.30. The SMILES string of the molecule is Cn1cnnc1CNc1nc(C(=O)O)ccc1[N+](=O)[O-]. The Bertz CT molecular complexity index is 668. The highest BCUT2D eigenvalue weighted by Crippen LogP contribution is 2.22. The molecule has 10 heteroatoms. The third kappa shape index (κ3) is 2.68. The number of nitro groups is 1. The number of hydrogen-bond donors (Lipinski definition) is 2. The normalized spacial score (nSPS) is 10.2. The molecular formula is C10H10N6O4. The Morgan fingerprint density at radius 2 is 2.30 bits per heavy atom. The number of aromatic nitrogens is 4. The van der Waals surface area contributed by atoms with Gasteiger partial charge in [-0.05, 0) is 6.07 Å². The number of nitrogens with zero attached hydrogens (tertiary/aromatic N) is 5. The van der Waals surface area contributed by atoms with E-state index < -0.39 is 10.9 Å². The van der Waals surface area contributed by atoms with Gasteiger partial charge in [0.1, 0.15) is 6.33 Å². The Kier molecular flexibility index (Phi) is 3.55. The molecular weight excluding hydrogens is 268 g/mol. The zero-order valence-electron chi connectivity index (χ0n) is 10.3. The van der Waals surface area contributed by atoms with Gasteiger partial charge in [-0.2, -0.15) is 0 Å². The van der Waals surface area contributed by atoms with E-state index >= 15 is 0 Å². The van der Waals surface area contributed by atoms with Crippen LogP contribution in [0.2, 0.25) is 0 Å². The second-order valence-electron chi connectivity index (χ2n) is 3.84. The van der Waals surface area contributed by atoms with Crippen molar-refractivity contribution in [3.63, 3.8) is 0 Å². The first-order chi connectivity index (χ1) is 9.49. The van der Waals surface area contributed by atoms with Gasteiger partial charge >= 0.3 is 11.7 Å². The third-order valence-electron chi connectivity index (χ3n) is 2.51. The number of aromatic carboxylic acids is 1. The van der Waals surface area contributed by atoms with Crippen LogP contribution in [0.25, 0.3) is 0 Å². The minimum Gasteiger partial charge on any atom is -0.477 e. The molecule has 0 aliphatic rings. The number of nitrogens with one attached hydrogen (secondary N) is 1. The molecule has 0 saturated heterocycles. The Hall–Kier alpha value is -3.04. The van der Waals surface area contributed by atoms with Gasteiger partial charge in [-0.25, -0.2) is 9.78 Å². The Morgan fingerprint density at radius 3 is 2.85 bits per heavy atom. The fraction of sp³-hybridized carbons (Fsp3) is 0.200. The summed E-state index contributed by atoms with van der Waals surface area (Å²) in [5.41, 5.74) is -0.590. The standard InChI is InChI=1S/C10H10N6O4/c1-15-5-12-14-8(15)4-11-9-7(16(19)20)3-2-6(13-9)10(17)18/h2-3,5H,4H2,1H3,(H,11,13)(H,17,18). The molecule has 2 aromatic rings. The van der Waals surface area contributed by atoms with Crippen LogP contribution in [0.5, 0.6) is 0 Å². The van der Waals surface area contributed by atoms with Gasteiger partial charge in [0.15, 0.2) is 11.5 Å². The molecule has 0 aliphatic carbocycles. The van der Waals surface area contributed by atoms with Crippen molar-refractivity contribution in [2.24, 2.45) is 7.05 Å². The first-order valence-corrected chi connectivity index (χ1v) is 5.44. The molecule has 0 unspecified atom stereocenters. The van der Waals surface area contributed by atoms with Gasteiger partial charge in [-0.1, -0.05) is 0 Å². The van der Waals surface area contributed by atoms with E-state index in [4.69, 9.17) is 5.11 Å². The largest absolute Gasteiger partial charge is 0.477 e. The van der Waals surface area contributed by atoms with Gasteiger partial charge in [-0.3, -0.25) is 10.1 Å². The van der Waals surface area contributed by atoms with Crippen LogP contribution >= 0.6 is 0 Å². The summed E-state index contributed by atoms with van der Waals surface area (Å²) >= 11 is 0. The Labute approximate surface area is 112 Å². The minimum atomic E-state index is -1.26. The van der Waals surface area contributed by atoms with E-state index in [1.54, 1.807) is 11.6 Å². The number of rotatable bonds is 5. The topological polar surface area (TPSA) is 136 Å². The quantitative estimate of drug-likeness (QED) is 0.593. The number of pyridine rings is 1. The average Bonchev–Trinajstić information content (AvgIpc) is 2.81. The molecule has 0 amide bonds. The summed E-state index contributed by atoms with van der Waals surface area (Å²) in [4.78, 5) is 24.8. The lowest BCUT2D eigenvalue weighted by molar-refractivity contribution is -0.384. The van der Waals surface area contributed by atoms with Crippen LogP contribution in [0.1, 0.15) is 16.3 Å². The van der Waals surface area contributed by atoms with E-state index in [2.05, 4.69) is 20.5 Å². The molecule has 2 aromatic heterocycles. The molecule has 0 bridgehead atoms. The van der Waals surface area contributed by atoms with Crippen LogP contribution in [0.4, 0.5) is 11.5 Å². The van der Waals surface area contributed by atoms with E-state index in [-0.39, 0.29) is 23.7 Å². The predicted molar refractivity (Wildman–Crippen MR) is 66.2 cm³/mol. The van der Waals surface area contributed by atoms with Crippen molar-refractivity contribution >= 4 is 17.5 Å². The second-order valence-corrected chi connectivity index (χ2v) is 3.84.